The van der Waals surface area contributed by atoms with Crippen molar-refractivity contribution in [3.8, 4) is 0 Å². The molecule has 1 heterocycles. The fraction of sp³-hybridized carbons (Fsp3) is 0.407. The van der Waals surface area contributed by atoms with Gasteiger partial charge in [-0.2, -0.15) is 0 Å². The Kier molecular flexibility index (Phi) is 6.84. The second-order valence-corrected chi connectivity index (χ2v) is 9.41. The van der Waals surface area contributed by atoms with Gasteiger partial charge in [-0.3, -0.25) is 14.5 Å². The number of anilines is 1. The van der Waals surface area contributed by atoms with Crippen LogP contribution in [0.15, 0.2) is 54.6 Å². The van der Waals surface area contributed by atoms with Gasteiger partial charge in [0.05, 0.1) is 0 Å². The lowest BCUT2D eigenvalue weighted by atomic mass is 9.71. The van der Waals surface area contributed by atoms with Gasteiger partial charge in [0.25, 0.3) is 0 Å². The number of H-pyrrole nitrogens is 1. The Morgan fingerprint density at radius 1 is 1.06 bits per heavy atom. The number of carboxylic acid groups (broad SMARTS) is 1. The van der Waals surface area contributed by atoms with E-state index < -0.39 is 5.97 Å². The summed E-state index contributed by atoms with van der Waals surface area (Å²) in [4.78, 5) is 29.7. The van der Waals surface area contributed by atoms with Gasteiger partial charge in [0.1, 0.15) is 5.82 Å². The number of amides is 1. The SMILES string of the molecule is CN(C)C1(c2ccccc2)CCC(CC(=O)Nc2[nH]c3ccccc3c2CCC(=O)O)CC1. The molecule has 1 aromatic heterocycles. The van der Waals surface area contributed by atoms with Crippen molar-refractivity contribution in [3.05, 3.63) is 65.7 Å². The highest BCUT2D eigenvalue weighted by molar-refractivity contribution is 5.97. The molecule has 6 heteroatoms. The number of aliphatic carboxylic acids is 1. The highest BCUT2D eigenvalue weighted by Gasteiger charge is 2.39. The number of nitrogens with zero attached hydrogens (tertiary/aromatic N) is 1. The first-order chi connectivity index (χ1) is 15.9. The summed E-state index contributed by atoms with van der Waals surface area (Å²) in [5, 5.41) is 13.1. The summed E-state index contributed by atoms with van der Waals surface area (Å²) in [7, 11) is 4.29. The van der Waals surface area contributed by atoms with Crippen LogP contribution in [0.25, 0.3) is 10.9 Å². The summed E-state index contributed by atoms with van der Waals surface area (Å²) in [5.74, 6) is 0.113. The second-order valence-electron chi connectivity index (χ2n) is 9.41. The molecule has 174 valence electrons. The van der Waals surface area contributed by atoms with E-state index in [9.17, 15) is 9.59 Å². The van der Waals surface area contributed by atoms with Crippen LogP contribution in [0.4, 0.5) is 5.82 Å². The predicted molar refractivity (Wildman–Crippen MR) is 131 cm³/mol. The molecule has 1 amide bonds. The highest BCUT2D eigenvalue weighted by Crippen LogP contribution is 2.44. The number of aromatic nitrogens is 1. The molecule has 0 radical (unpaired) electrons. The van der Waals surface area contributed by atoms with Crippen molar-refractivity contribution >= 4 is 28.6 Å². The van der Waals surface area contributed by atoms with Gasteiger partial charge in [-0.1, -0.05) is 48.5 Å². The van der Waals surface area contributed by atoms with Crippen molar-refractivity contribution < 1.29 is 14.7 Å². The average Bonchev–Trinajstić information content (AvgIpc) is 3.15. The number of hydrogen-bond acceptors (Lipinski definition) is 3. The van der Waals surface area contributed by atoms with Crippen molar-refractivity contribution in [1.82, 2.24) is 9.88 Å². The lowest BCUT2D eigenvalue weighted by Crippen LogP contribution is -2.44. The Balaban J connectivity index is 1.42. The molecule has 4 rings (SSSR count). The minimum Gasteiger partial charge on any atom is -0.481 e. The Morgan fingerprint density at radius 2 is 1.73 bits per heavy atom. The lowest BCUT2D eigenvalue weighted by molar-refractivity contribution is -0.136. The zero-order valence-corrected chi connectivity index (χ0v) is 19.4. The smallest absolute Gasteiger partial charge is 0.303 e. The third-order valence-corrected chi connectivity index (χ3v) is 7.24. The maximum atomic E-state index is 13.0. The van der Waals surface area contributed by atoms with Gasteiger partial charge in [0, 0.05) is 34.8 Å². The van der Waals surface area contributed by atoms with Crippen LogP contribution in [0, 0.1) is 5.92 Å². The molecule has 0 spiro atoms. The molecule has 1 fully saturated rings. The molecule has 0 aliphatic heterocycles. The summed E-state index contributed by atoms with van der Waals surface area (Å²) in [6, 6.07) is 18.4. The Labute approximate surface area is 195 Å². The van der Waals surface area contributed by atoms with E-state index in [2.05, 4.69) is 59.6 Å². The van der Waals surface area contributed by atoms with E-state index >= 15 is 0 Å². The predicted octanol–water partition coefficient (Wildman–Crippen LogP) is 5.16. The topological polar surface area (TPSA) is 85.4 Å². The van der Waals surface area contributed by atoms with Crippen LogP contribution in [0.2, 0.25) is 0 Å². The highest BCUT2D eigenvalue weighted by atomic mass is 16.4. The number of fused-ring (bicyclic) bond motifs is 1. The van der Waals surface area contributed by atoms with Crippen LogP contribution in [0.5, 0.6) is 0 Å². The number of hydrogen-bond donors (Lipinski definition) is 3. The normalized spacial score (nSPS) is 20.8. The van der Waals surface area contributed by atoms with Gasteiger partial charge in [0.2, 0.25) is 5.91 Å². The van der Waals surface area contributed by atoms with E-state index in [0.717, 1.165) is 42.1 Å². The van der Waals surface area contributed by atoms with Gasteiger partial charge < -0.3 is 15.4 Å². The Bertz CT molecular complexity index is 1110. The van der Waals surface area contributed by atoms with E-state index in [0.29, 0.717) is 24.6 Å². The summed E-state index contributed by atoms with van der Waals surface area (Å²) in [6.07, 6.45) is 4.93. The molecule has 0 atom stereocenters. The summed E-state index contributed by atoms with van der Waals surface area (Å²) in [6.45, 7) is 0. The van der Waals surface area contributed by atoms with Gasteiger partial charge in [-0.15, -0.1) is 0 Å². The number of aromatic amines is 1. The largest absolute Gasteiger partial charge is 0.481 e. The molecule has 2 aromatic carbocycles. The van der Waals surface area contributed by atoms with Crippen LogP contribution < -0.4 is 5.32 Å². The van der Waals surface area contributed by atoms with Crippen molar-refractivity contribution in [3.63, 3.8) is 0 Å². The van der Waals surface area contributed by atoms with E-state index in [1.54, 1.807) is 0 Å². The molecular weight excluding hydrogens is 414 g/mol. The molecule has 0 unspecified atom stereocenters. The fourth-order valence-electron chi connectivity index (χ4n) is 5.35. The number of carbonyl (C=O) groups is 2. The molecule has 3 N–H and O–H groups in total. The van der Waals surface area contributed by atoms with E-state index in [1.165, 1.54) is 5.56 Å². The van der Waals surface area contributed by atoms with Crippen LogP contribution in [0.1, 0.15) is 49.7 Å². The summed E-state index contributed by atoms with van der Waals surface area (Å²) >= 11 is 0. The van der Waals surface area contributed by atoms with Crippen LogP contribution in [-0.2, 0) is 21.5 Å². The van der Waals surface area contributed by atoms with Crippen LogP contribution in [0.3, 0.4) is 0 Å². The van der Waals surface area contributed by atoms with Gasteiger partial charge in [-0.25, -0.2) is 0 Å². The first-order valence-corrected chi connectivity index (χ1v) is 11.7. The number of aryl methyl sites for hydroxylation is 1. The molecule has 33 heavy (non-hydrogen) atoms. The summed E-state index contributed by atoms with van der Waals surface area (Å²) < 4.78 is 0. The maximum Gasteiger partial charge on any atom is 0.303 e. The molecule has 6 nitrogen and oxygen atoms in total. The molecule has 1 aliphatic rings. The fourth-order valence-corrected chi connectivity index (χ4v) is 5.35. The quantitative estimate of drug-likeness (QED) is 0.445. The first-order valence-electron chi connectivity index (χ1n) is 11.7. The molecule has 1 saturated carbocycles. The van der Waals surface area contributed by atoms with Crippen LogP contribution >= 0.6 is 0 Å². The first kappa shape index (κ1) is 23.1. The Hall–Kier alpha value is -3.12. The van der Waals surface area contributed by atoms with Crippen molar-refractivity contribution in [2.24, 2.45) is 5.92 Å². The lowest BCUT2D eigenvalue weighted by Gasteiger charge is -2.45. The second kappa shape index (κ2) is 9.79. The third-order valence-electron chi connectivity index (χ3n) is 7.24. The number of carbonyl (C=O) groups excluding carboxylic acids is 1. The molecule has 1 aliphatic carbocycles. The number of rotatable bonds is 8. The van der Waals surface area contributed by atoms with Gasteiger partial charge >= 0.3 is 5.97 Å². The minimum absolute atomic E-state index is 0.0137. The van der Waals surface area contributed by atoms with E-state index in [4.69, 9.17) is 5.11 Å². The number of para-hydroxylation sites is 1. The van der Waals surface area contributed by atoms with Gasteiger partial charge in [0.15, 0.2) is 0 Å². The standard InChI is InChI=1S/C27H33N3O3/c1-30(2)27(20-8-4-3-5-9-20)16-14-19(15-17-27)18-24(31)29-26-22(12-13-25(32)33)21-10-6-7-11-23(21)28-26/h3-11,19,28H,12-18H2,1-2H3,(H,29,31)(H,32,33). The molecule has 3 aromatic rings. The maximum absolute atomic E-state index is 13.0. The number of benzene rings is 2. The van der Waals surface area contributed by atoms with Crippen molar-refractivity contribution in [2.45, 2.75) is 50.5 Å². The van der Waals surface area contributed by atoms with E-state index in [1.807, 2.05) is 24.3 Å². The molecule has 0 saturated heterocycles. The number of carboxylic acids is 1. The number of nitrogens with one attached hydrogen (secondary N) is 2. The monoisotopic (exact) mass is 447 g/mol. The van der Waals surface area contributed by atoms with E-state index in [-0.39, 0.29) is 17.9 Å². The zero-order chi connectivity index (χ0) is 23.4. The van der Waals surface area contributed by atoms with Crippen LogP contribution in [-0.4, -0.2) is 41.0 Å². The molecular formula is C27H33N3O3. The Morgan fingerprint density at radius 3 is 2.39 bits per heavy atom. The third kappa shape index (κ3) is 4.96. The van der Waals surface area contributed by atoms with Gasteiger partial charge in [-0.05, 0) is 63.7 Å². The zero-order valence-electron chi connectivity index (χ0n) is 19.4. The molecule has 0 bridgehead atoms. The van der Waals surface area contributed by atoms with Crippen molar-refractivity contribution in [1.29, 1.82) is 0 Å². The average molecular weight is 448 g/mol. The minimum atomic E-state index is -0.845. The van der Waals surface area contributed by atoms with Crippen molar-refractivity contribution in [2.75, 3.05) is 19.4 Å². The summed E-state index contributed by atoms with van der Waals surface area (Å²) in [5.41, 5.74) is 3.14.